The van der Waals surface area contributed by atoms with E-state index in [2.05, 4.69) is 18.8 Å². The van der Waals surface area contributed by atoms with Crippen LogP contribution < -0.4 is 5.32 Å². The van der Waals surface area contributed by atoms with Gasteiger partial charge in [-0.05, 0) is 37.5 Å². The number of hydrogen-bond donors (Lipinski definition) is 2. The van der Waals surface area contributed by atoms with Gasteiger partial charge in [0.25, 0.3) is 5.91 Å². The van der Waals surface area contributed by atoms with E-state index in [4.69, 9.17) is 0 Å². The summed E-state index contributed by atoms with van der Waals surface area (Å²) in [6, 6.07) is 5.17. The summed E-state index contributed by atoms with van der Waals surface area (Å²) in [6.45, 7) is 8.07. The molecule has 3 heteroatoms. The number of aromatic hydroxyl groups is 1. The molecule has 0 atom stereocenters. The molecule has 26 heavy (non-hydrogen) atoms. The van der Waals surface area contributed by atoms with Gasteiger partial charge in [-0.1, -0.05) is 83.8 Å². The van der Waals surface area contributed by atoms with Crippen LogP contribution in [0.1, 0.15) is 89.5 Å². The van der Waals surface area contributed by atoms with Crippen LogP contribution in [0.2, 0.25) is 0 Å². The summed E-state index contributed by atoms with van der Waals surface area (Å²) in [4.78, 5) is 12.2. The number of nitrogens with one attached hydrogen (secondary N) is 1. The first-order chi connectivity index (χ1) is 12.5. The van der Waals surface area contributed by atoms with E-state index < -0.39 is 0 Å². The quantitative estimate of drug-likeness (QED) is 0.216. The lowest BCUT2D eigenvalue weighted by Crippen LogP contribution is -2.14. The van der Waals surface area contributed by atoms with Gasteiger partial charge in [0, 0.05) is 5.57 Å². The topological polar surface area (TPSA) is 49.3 Å². The molecule has 0 aliphatic rings. The average molecular weight is 360 g/mol. The van der Waals surface area contributed by atoms with Crippen LogP contribution in [0.15, 0.2) is 30.4 Å². The van der Waals surface area contributed by atoms with Crippen LogP contribution in [0.3, 0.4) is 0 Å². The van der Waals surface area contributed by atoms with E-state index in [1.54, 1.807) is 12.1 Å². The molecule has 0 saturated heterocycles. The van der Waals surface area contributed by atoms with Crippen molar-refractivity contribution < 1.29 is 9.90 Å². The van der Waals surface area contributed by atoms with Crippen molar-refractivity contribution >= 4 is 11.6 Å². The summed E-state index contributed by atoms with van der Waals surface area (Å²) < 4.78 is 0. The third-order valence-corrected chi connectivity index (χ3v) is 4.80. The van der Waals surface area contributed by atoms with E-state index in [1.807, 2.05) is 13.0 Å². The van der Waals surface area contributed by atoms with Crippen LogP contribution in [0.25, 0.3) is 0 Å². The number of carbonyl (C=O) groups is 1. The van der Waals surface area contributed by atoms with Gasteiger partial charge in [0.2, 0.25) is 0 Å². The Labute approximate surface area is 159 Å². The molecule has 1 rings (SSSR count). The minimum Gasteiger partial charge on any atom is -0.506 e. The average Bonchev–Trinajstić information content (AvgIpc) is 2.62. The molecule has 2 N–H and O–H groups in total. The van der Waals surface area contributed by atoms with Gasteiger partial charge in [-0.2, -0.15) is 0 Å². The summed E-state index contributed by atoms with van der Waals surface area (Å²) in [5.41, 5.74) is 2.03. The molecular formula is C23H37NO2. The number of rotatable bonds is 14. The summed E-state index contributed by atoms with van der Waals surface area (Å²) in [5.74, 6) is -0.107. The predicted molar refractivity (Wildman–Crippen MR) is 112 cm³/mol. The zero-order valence-electron chi connectivity index (χ0n) is 16.8. The maximum atomic E-state index is 12.2. The lowest BCUT2D eigenvalue weighted by atomic mass is 10.0. The summed E-state index contributed by atoms with van der Waals surface area (Å²) in [7, 11) is 0. The Balaban J connectivity index is 2.07. The van der Waals surface area contributed by atoms with Crippen molar-refractivity contribution in [1.82, 2.24) is 0 Å². The summed E-state index contributed by atoms with van der Waals surface area (Å²) >= 11 is 0. The fourth-order valence-corrected chi connectivity index (χ4v) is 3.08. The molecule has 0 bridgehead atoms. The molecule has 1 aromatic rings. The fourth-order valence-electron chi connectivity index (χ4n) is 3.08. The molecule has 1 amide bonds. The highest BCUT2D eigenvalue weighted by Crippen LogP contribution is 2.24. The first-order valence-electron chi connectivity index (χ1n) is 10.3. The van der Waals surface area contributed by atoms with Crippen molar-refractivity contribution in [3.63, 3.8) is 0 Å². The van der Waals surface area contributed by atoms with Crippen molar-refractivity contribution in [1.29, 1.82) is 0 Å². The third-order valence-electron chi connectivity index (χ3n) is 4.80. The van der Waals surface area contributed by atoms with E-state index >= 15 is 0 Å². The van der Waals surface area contributed by atoms with Gasteiger partial charge in [-0.15, -0.1) is 0 Å². The molecule has 0 aliphatic heterocycles. The zero-order valence-corrected chi connectivity index (χ0v) is 16.8. The van der Waals surface area contributed by atoms with Gasteiger partial charge in [-0.25, -0.2) is 0 Å². The normalized spacial score (nSPS) is 10.7. The number of unbranched alkanes of at least 4 members (excludes halogenated alkanes) is 10. The van der Waals surface area contributed by atoms with Crippen molar-refractivity contribution in [2.75, 3.05) is 5.32 Å². The maximum Gasteiger partial charge on any atom is 0.251 e. The number of amides is 1. The van der Waals surface area contributed by atoms with Crippen LogP contribution in [0.5, 0.6) is 5.75 Å². The zero-order chi connectivity index (χ0) is 19.2. The molecule has 0 fully saturated rings. The number of hydrogen-bond acceptors (Lipinski definition) is 2. The monoisotopic (exact) mass is 359 g/mol. The van der Waals surface area contributed by atoms with Crippen LogP contribution in [0.4, 0.5) is 5.69 Å². The van der Waals surface area contributed by atoms with E-state index in [0.717, 1.165) is 24.8 Å². The Bertz CT molecular complexity index is 551. The van der Waals surface area contributed by atoms with Crippen LogP contribution in [-0.2, 0) is 4.79 Å². The standard InChI is InChI=1S/C23H37NO2/c1-4-5-6-7-8-9-10-11-12-13-14-15-20(3)23(26)24-21-18-19(2)16-17-22(21)25/h16-18,25H,3-15H2,1-2H3,(H,24,26). The minimum absolute atomic E-state index is 0.0893. The fraction of sp³-hybridized carbons (Fsp3) is 0.609. The molecule has 0 unspecified atom stereocenters. The smallest absolute Gasteiger partial charge is 0.251 e. The highest BCUT2D eigenvalue weighted by Gasteiger charge is 2.10. The van der Waals surface area contributed by atoms with Crippen LogP contribution in [0, 0.1) is 6.92 Å². The predicted octanol–water partition coefficient (Wildman–Crippen LogP) is 6.90. The second-order valence-corrected chi connectivity index (χ2v) is 7.36. The third kappa shape index (κ3) is 9.65. The minimum atomic E-state index is -0.196. The summed E-state index contributed by atoms with van der Waals surface area (Å²) in [6.07, 6.45) is 14.9. The second-order valence-electron chi connectivity index (χ2n) is 7.36. The molecule has 0 aromatic heterocycles. The number of carbonyl (C=O) groups excluding carboxylic acids is 1. The Morgan fingerprint density at radius 1 is 0.962 bits per heavy atom. The summed E-state index contributed by atoms with van der Waals surface area (Å²) in [5, 5.41) is 12.6. The Morgan fingerprint density at radius 2 is 1.50 bits per heavy atom. The van der Waals surface area contributed by atoms with Gasteiger partial charge in [0.1, 0.15) is 5.75 Å². The lowest BCUT2D eigenvalue weighted by Gasteiger charge is -2.10. The van der Waals surface area contributed by atoms with Gasteiger partial charge < -0.3 is 10.4 Å². The highest BCUT2D eigenvalue weighted by atomic mass is 16.3. The van der Waals surface area contributed by atoms with E-state index in [1.165, 1.54) is 57.8 Å². The molecule has 0 spiro atoms. The molecule has 146 valence electrons. The lowest BCUT2D eigenvalue weighted by molar-refractivity contribution is -0.113. The molecule has 0 saturated carbocycles. The first kappa shape index (κ1) is 22.3. The van der Waals surface area contributed by atoms with Crippen molar-refractivity contribution in [2.24, 2.45) is 0 Å². The molecule has 0 aliphatic carbocycles. The van der Waals surface area contributed by atoms with E-state index in [9.17, 15) is 9.90 Å². The maximum absolute atomic E-state index is 12.2. The number of phenolic OH excluding ortho intramolecular Hbond substituents is 1. The largest absolute Gasteiger partial charge is 0.506 e. The Morgan fingerprint density at radius 3 is 2.08 bits per heavy atom. The number of phenols is 1. The van der Waals surface area contributed by atoms with Gasteiger partial charge >= 0.3 is 0 Å². The van der Waals surface area contributed by atoms with Crippen LogP contribution in [-0.4, -0.2) is 11.0 Å². The highest BCUT2D eigenvalue weighted by molar-refractivity contribution is 6.04. The molecule has 3 nitrogen and oxygen atoms in total. The van der Waals surface area contributed by atoms with Crippen molar-refractivity contribution in [3.8, 4) is 5.75 Å². The molecule has 1 aromatic carbocycles. The number of anilines is 1. The Hall–Kier alpha value is -1.77. The van der Waals surface area contributed by atoms with Crippen molar-refractivity contribution in [3.05, 3.63) is 35.9 Å². The number of aryl methyl sites for hydroxylation is 1. The molecule has 0 heterocycles. The first-order valence-corrected chi connectivity index (χ1v) is 10.3. The van der Waals surface area contributed by atoms with E-state index in [0.29, 0.717) is 11.3 Å². The molecule has 0 radical (unpaired) electrons. The van der Waals surface area contributed by atoms with Crippen LogP contribution >= 0.6 is 0 Å². The van der Waals surface area contributed by atoms with Crippen molar-refractivity contribution in [2.45, 2.75) is 90.9 Å². The number of benzene rings is 1. The second kappa shape index (κ2) is 13.4. The Kier molecular flexibility index (Phi) is 11.5. The van der Waals surface area contributed by atoms with E-state index in [-0.39, 0.29) is 11.7 Å². The molecular weight excluding hydrogens is 322 g/mol. The van der Waals surface area contributed by atoms with Gasteiger partial charge in [-0.3, -0.25) is 4.79 Å². The van der Waals surface area contributed by atoms with Gasteiger partial charge in [0.15, 0.2) is 0 Å². The SMILES string of the molecule is C=C(CCCCCCCCCCCCC)C(=O)Nc1cc(C)ccc1O. The van der Waals surface area contributed by atoms with Gasteiger partial charge in [0.05, 0.1) is 5.69 Å².